The summed E-state index contributed by atoms with van der Waals surface area (Å²) in [6.45, 7) is -0.756. The molecule has 0 aliphatic heterocycles. The third-order valence-corrected chi connectivity index (χ3v) is 1.06. The van der Waals surface area contributed by atoms with Gasteiger partial charge in [-0.05, 0) is 0 Å². The van der Waals surface area contributed by atoms with E-state index >= 15 is 0 Å². The number of nitrogens with two attached hydrogens (primary N) is 1. The van der Waals surface area contributed by atoms with E-state index in [2.05, 4.69) is 0 Å². The number of amides is 1. The fourth-order valence-corrected chi connectivity index (χ4v) is 0.390. The van der Waals surface area contributed by atoms with Gasteiger partial charge in [-0.25, -0.2) is 0 Å². The number of carbonyl (C=O) groups excluding carboxylic acids is 1. The molecule has 0 aromatic heterocycles. The lowest BCUT2D eigenvalue weighted by atomic mass is 10.3. The molecule has 0 fully saturated rings. The molecule has 0 saturated carbocycles. The molecule has 0 spiro atoms. The summed E-state index contributed by atoms with van der Waals surface area (Å²) in [6, 6.07) is -1.54. The van der Waals surface area contributed by atoms with Crippen molar-refractivity contribution in [1.29, 1.82) is 0 Å². The number of carboxylic acid groups (broad SMARTS) is 1. The molecule has 76 valence electrons. The molecule has 4 N–H and O–H groups in total. The Labute approximate surface area is 70.7 Å². The number of halogens is 3. The van der Waals surface area contributed by atoms with E-state index in [0.29, 0.717) is 0 Å². The van der Waals surface area contributed by atoms with Crippen molar-refractivity contribution in [2.45, 2.75) is 12.2 Å². The predicted octanol–water partition coefficient (Wildman–Crippen LogP) is -0.923. The van der Waals surface area contributed by atoms with Gasteiger partial charge in [0, 0.05) is 6.54 Å². The van der Waals surface area contributed by atoms with Gasteiger partial charge in [0.1, 0.15) is 6.04 Å². The second kappa shape index (κ2) is 4.08. The van der Waals surface area contributed by atoms with Gasteiger partial charge in [0.15, 0.2) is 0 Å². The third kappa shape index (κ3) is 4.31. The van der Waals surface area contributed by atoms with E-state index in [-0.39, 0.29) is 0 Å². The predicted molar refractivity (Wildman–Crippen MR) is 34.7 cm³/mol. The summed E-state index contributed by atoms with van der Waals surface area (Å²) in [5, 5.41) is 9.47. The molecule has 0 aliphatic rings. The number of alkyl halides is 3. The Morgan fingerprint density at radius 3 is 2.23 bits per heavy atom. The lowest BCUT2D eigenvalue weighted by molar-refractivity contribution is -0.173. The maximum absolute atomic E-state index is 11.5. The quantitative estimate of drug-likeness (QED) is 0.549. The number of nitrogens with one attached hydrogen (secondary N) is 1. The number of hydrogen-bond donors (Lipinski definition) is 3. The average Bonchev–Trinajstić information content (AvgIpc) is 1.97. The minimum absolute atomic E-state index is 0.756. The Bertz CT molecular complexity index is 216. The number of carbonyl (C=O) groups is 2. The molecule has 1 amide bonds. The van der Waals surface area contributed by atoms with Crippen molar-refractivity contribution < 1.29 is 27.9 Å². The van der Waals surface area contributed by atoms with Crippen molar-refractivity contribution >= 4 is 11.9 Å². The summed E-state index contributed by atoms with van der Waals surface area (Å²) in [5.74, 6) is -3.69. The van der Waals surface area contributed by atoms with Gasteiger partial charge in [0.25, 0.3) is 0 Å². The van der Waals surface area contributed by atoms with Crippen LogP contribution in [0.5, 0.6) is 0 Å². The molecule has 0 aromatic carbocycles. The first-order chi connectivity index (χ1) is 5.75. The van der Waals surface area contributed by atoms with Crippen LogP contribution < -0.4 is 11.1 Å². The van der Waals surface area contributed by atoms with Gasteiger partial charge in [0.05, 0.1) is 0 Å². The minimum Gasteiger partial charge on any atom is -0.480 e. The fourth-order valence-electron chi connectivity index (χ4n) is 0.390. The Morgan fingerprint density at radius 2 is 1.92 bits per heavy atom. The van der Waals surface area contributed by atoms with Gasteiger partial charge in [-0.2, -0.15) is 13.2 Å². The molecule has 0 bridgehead atoms. The van der Waals surface area contributed by atoms with Crippen molar-refractivity contribution in [2.75, 3.05) is 6.54 Å². The Kier molecular flexibility index (Phi) is 3.67. The van der Waals surface area contributed by atoms with Crippen LogP contribution >= 0.6 is 0 Å². The number of aliphatic carboxylic acids is 1. The Hall–Kier alpha value is -1.31. The maximum atomic E-state index is 11.5. The van der Waals surface area contributed by atoms with E-state index in [1.54, 1.807) is 0 Å². The van der Waals surface area contributed by atoms with E-state index in [0.717, 1.165) is 0 Å². The van der Waals surface area contributed by atoms with E-state index in [1.165, 1.54) is 5.32 Å². The summed E-state index contributed by atoms with van der Waals surface area (Å²) < 4.78 is 34.5. The van der Waals surface area contributed by atoms with Gasteiger partial charge in [0.2, 0.25) is 0 Å². The molecule has 8 heteroatoms. The normalized spacial score (nSPS) is 13.5. The smallest absolute Gasteiger partial charge is 0.471 e. The van der Waals surface area contributed by atoms with Gasteiger partial charge >= 0.3 is 18.1 Å². The van der Waals surface area contributed by atoms with Gasteiger partial charge in [-0.1, -0.05) is 0 Å². The van der Waals surface area contributed by atoms with Crippen LogP contribution in [0.3, 0.4) is 0 Å². The minimum atomic E-state index is -5.02. The van der Waals surface area contributed by atoms with Crippen LogP contribution in [0.4, 0.5) is 13.2 Å². The zero-order valence-electron chi connectivity index (χ0n) is 6.26. The lowest BCUT2D eigenvalue weighted by Gasteiger charge is -2.09. The van der Waals surface area contributed by atoms with Crippen molar-refractivity contribution in [3.63, 3.8) is 0 Å². The van der Waals surface area contributed by atoms with Crippen LogP contribution in [0.1, 0.15) is 0 Å². The van der Waals surface area contributed by atoms with Gasteiger partial charge in [-0.3, -0.25) is 9.59 Å². The molecule has 0 aliphatic carbocycles. The molecular formula is C5H7F3N2O3. The van der Waals surface area contributed by atoms with Crippen LogP contribution in [0, 0.1) is 0 Å². The summed E-state index contributed by atoms with van der Waals surface area (Å²) in [4.78, 5) is 20.1. The SMILES string of the molecule is N[C@H](CNC(=O)C(F)(F)F)C(=O)O. The van der Waals surface area contributed by atoms with Crippen LogP contribution in [-0.2, 0) is 9.59 Å². The van der Waals surface area contributed by atoms with Crippen LogP contribution in [-0.4, -0.2) is 35.7 Å². The second-order valence-corrected chi connectivity index (χ2v) is 2.15. The Morgan fingerprint density at radius 1 is 1.46 bits per heavy atom. The van der Waals surface area contributed by atoms with E-state index in [4.69, 9.17) is 10.8 Å². The van der Waals surface area contributed by atoms with E-state index < -0.39 is 30.6 Å². The first kappa shape index (κ1) is 11.7. The van der Waals surface area contributed by atoms with E-state index in [1.807, 2.05) is 0 Å². The number of rotatable bonds is 3. The lowest BCUT2D eigenvalue weighted by Crippen LogP contribution is -2.46. The summed E-state index contributed by atoms with van der Waals surface area (Å²) in [7, 11) is 0. The molecule has 0 rings (SSSR count). The van der Waals surface area contributed by atoms with Crippen LogP contribution in [0.25, 0.3) is 0 Å². The Balaban J connectivity index is 3.91. The van der Waals surface area contributed by atoms with Crippen molar-refractivity contribution in [3.8, 4) is 0 Å². The van der Waals surface area contributed by atoms with Crippen molar-refractivity contribution in [2.24, 2.45) is 5.73 Å². The molecule has 0 saturated heterocycles. The number of carboxylic acids is 1. The fraction of sp³-hybridized carbons (Fsp3) is 0.600. The highest BCUT2D eigenvalue weighted by Gasteiger charge is 2.38. The molecule has 13 heavy (non-hydrogen) atoms. The second-order valence-electron chi connectivity index (χ2n) is 2.15. The molecule has 0 radical (unpaired) electrons. The van der Waals surface area contributed by atoms with Crippen molar-refractivity contribution in [1.82, 2.24) is 5.32 Å². The summed E-state index contributed by atoms with van der Waals surface area (Å²) in [6.07, 6.45) is -5.02. The number of hydrogen-bond acceptors (Lipinski definition) is 3. The van der Waals surface area contributed by atoms with Gasteiger partial charge in [-0.15, -0.1) is 0 Å². The topological polar surface area (TPSA) is 92.4 Å². The van der Waals surface area contributed by atoms with Crippen molar-refractivity contribution in [3.05, 3.63) is 0 Å². The monoisotopic (exact) mass is 200 g/mol. The van der Waals surface area contributed by atoms with E-state index in [9.17, 15) is 22.8 Å². The molecular weight excluding hydrogens is 193 g/mol. The molecule has 0 heterocycles. The molecule has 1 atom stereocenters. The highest BCUT2D eigenvalue weighted by atomic mass is 19.4. The first-order valence-electron chi connectivity index (χ1n) is 3.08. The zero-order chi connectivity index (χ0) is 10.6. The summed E-state index contributed by atoms with van der Waals surface area (Å²) >= 11 is 0. The standard InChI is InChI=1S/C5H7F3N2O3/c6-5(7,8)4(13)10-1-2(9)3(11)12/h2H,1,9H2,(H,10,13)(H,11,12)/t2-/m1/s1. The highest BCUT2D eigenvalue weighted by Crippen LogP contribution is 2.13. The first-order valence-corrected chi connectivity index (χ1v) is 3.08. The summed E-state index contributed by atoms with van der Waals surface area (Å²) in [5.41, 5.74) is 4.83. The molecule has 5 nitrogen and oxygen atoms in total. The average molecular weight is 200 g/mol. The largest absolute Gasteiger partial charge is 0.480 e. The highest BCUT2D eigenvalue weighted by molar-refractivity contribution is 5.82. The van der Waals surface area contributed by atoms with Crippen LogP contribution in [0.2, 0.25) is 0 Å². The third-order valence-electron chi connectivity index (χ3n) is 1.06. The van der Waals surface area contributed by atoms with Crippen LogP contribution in [0.15, 0.2) is 0 Å². The zero-order valence-corrected chi connectivity index (χ0v) is 6.26. The molecule has 0 aromatic rings. The van der Waals surface area contributed by atoms with Gasteiger partial charge < -0.3 is 16.2 Å². The molecule has 0 unspecified atom stereocenters. The maximum Gasteiger partial charge on any atom is 0.471 e.